The predicted molar refractivity (Wildman–Crippen MR) is 220 cm³/mol. The lowest BCUT2D eigenvalue weighted by Gasteiger charge is -2.26. The largest absolute Gasteiger partial charge is 0.513 e. The van der Waals surface area contributed by atoms with Crippen LogP contribution in [0.15, 0.2) is 97.1 Å². The van der Waals surface area contributed by atoms with Gasteiger partial charge in [-0.3, -0.25) is 4.79 Å². The Kier molecular flexibility index (Phi) is 21.3. The molecule has 0 amide bonds. The Morgan fingerprint density at radius 1 is 0.500 bits per heavy atom. The van der Waals surface area contributed by atoms with Crippen molar-refractivity contribution in [2.75, 3.05) is 33.5 Å². The smallest absolute Gasteiger partial charge is 0.508 e. The maximum absolute atomic E-state index is 11.9. The summed E-state index contributed by atoms with van der Waals surface area (Å²) in [6.07, 6.45) is 7.00. The highest BCUT2D eigenvalue weighted by Gasteiger charge is 2.24. The molecule has 0 saturated heterocycles. The lowest BCUT2D eigenvalue weighted by atomic mass is 9.78. The number of phenols is 2. The fourth-order valence-electron chi connectivity index (χ4n) is 5.70. The zero-order chi connectivity index (χ0) is 41.4. The summed E-state index contributed by atoms with van der Waals surface area (Å²) in [6.45, 7) is 11.5. The van der Waals surface area contributed by atoms with E-state index in [4.69, 9.17) is 29.2 Å². The van der Waals surface area contributed by atoms with Crippen LogP contribution in [0, 0.1) is 0 Å². The SMILES string of the molecule is CC(C)(c1ccc(O)cc1)c1ccc(O)cc1.COCCCCCCOC(=O)Oc1ccc(C(C)(C)c2ccc(OC(C)=O)cc2)cc1.OCCCCCCO. The van der Waals surface area contributed by atoms with Gasteiger partial charge in [0.05, 0.1) is 6.61 Å². The van der Waals surface area contributed by atoms with Gasteiger partial charge in [-0.25, -0.2) is 4.79 Å². The van der Waals surface area contributed by atoms with Gasteiger partial charge in [-0.15, -0.1) is 0 Å². The Bertz CT molecular complexity index is 1610. The fraction of sp³-hybridized carbons (Fsp3) is 0.435. The average Bonchev–Trinajstić information content (AvgIpc) is 3.17. The highest BCUT2D eigenvalue weighted by Crippen LogP contribution is 2.34. The van der Waals surface area contributed by atoms with Crippen molar-refractivity contribution in [1.29, 1.82) is 0 Å². The fourth-order valence-corrected chi connectivity index (χ4v) is 5.70. The Morgan fingerprint density at radius 2 is 0.839 bits per heavy atom. The van der Waals surface area contributed by atoms with Gasteiger partial charge in [0.1, 0.15) is 23.0 Å². The van der Waals surface area contributed by atoms with Crippen LogP contribution in [0.25, 0.3) is 0 Å². The van der Waals surface area contributed by atoms with Crippen molar-refractivity contribution >= 4 is 12.1 Å². The van der Waals surface area contributed by atoms with Crippen LogP contribution in [-0.2, 0) is 25.1 Å². The lowest BCUT2D eigenvalue weighted by Crippen LogP contribution is -2.19. The highest BCUT2D eigenvalue weighted by molar-refractivity contribution is 5.69. The number of phenolic OH excluding ortho intramolecular Hbond substituents is 2. The predicted octanol–water partition coefficient (Wildman–Crippen LogP) is 9.62. The standard InChI is InChI=1S/C25H32O6.C15H16O2.C6H14O2/c1-19(26)30-22-13-9-20(10-14-22)25(2,3)21-11-15-23(16-12-21)31-24(27)29-18-8-6-5-7-17-28-4;1-15(2,11-3-7-13(16)8-4-11)12-5-9-14(17)10-6-12;7-5-3-1-2-4-6-8/h9-16H,5-8,17-18H2,1-4H3;3-10,16-17H,1-2H3;7-8H,1-6H2. The maximum Gasteiger partial charge on any atom is 0.513 e. The van der Waals surface area contributed by atoms with E-state index in [0.717, 1.165) is 80.2 Å². The van der Waals surface area contributed by atoms with Crippen LogP contribution in [0.4, 0.5) is 4.79 Å². The highest BCUT2D eigenvalue weighted by atomic mass is 16.7. The van der Waals surface area contributed by atoms with E-state index in [1.54, 1.807) is 55.6 Å². The second-order valence-electron chi connectivity index (χ2n) is 14.5. The average molecular weight is 775 g/mol. The molecule has 0 aromatic heterocycles. The van der Waals surface area contributed by atoms with E-state index in [1.807, 2.05) is 48.5 Å². The number of hydrogen-bond donors (Lipinski definition) is 4. The molecule has 306 valence electrons. The Morgan fingerprint density at radius 3 is 1.20 bits per heavy atom. The van der Waals surface area contributed by atoms with Crippen LogP contribution in [-0.4, -0.2) is 66.1 Å². The Balaban J connectivity index is 0.000000359. The Labute approximate surface area is 333 Å². The number of aromatic hydroxyl groups is 2. The zero-order valence-electron chi connectivity index (χ0n) is 34.0. The molecular formula is C46H62O10. The maximum atomic E-state index is 11.9. The van der Waals surface area contributed by atoms with Crippen molar-refractivity contribution in [3.05, 3.63) is 119 Å². The van der Waals surface area contributed by atoms with Gasteiger partial charge < -0.3 is 39.4 Å². The van der Waals surface area contributed by atoms with E-state index in [9.17, 15) is 19.8 Å². The monoisotopic (exact) mass is 774 g/mol. The molecule has 10 nitrogen and oxygen atoms in total. The third kappa shape index (κ3) is 17.3. The first kappa shape index (κ1) is 47.3. The summed E-state index contributed by atoms with van der Waals surface area (Å²) in [5.74, 6) is 1.16. The van der Waals surface area contributed by atoms with Crippen molar-refractivity contribution in [3.63, 3.8) is 0 Å². The molecule has 0 aliphatic carbocycles. The second kappa shape index (κ2) is 25.3. The summed E-state index contributed by atoms with van der Waals surface area (Å²) in [5.41, 5.74) is 3.95. The summed E-state index contributed by atoms with van der Waals surface area (Å²) in [4.78, 5) is 22.9. The van der Waals surface area contributed by atoms with E-state index in [0.29, 0.717) is 18.1 Å². The van der Waals surface area contributed by atoms with Gasteiger partial charge in [0.15, 0.2) is 0 Å². The van der Waals surface area contributed by atoms with Crippen molar-refractivity contribution in [1.82, 2.24) is 0 Å². The molecule has 0 saturated carbocycles. The van der Waals surface area contributed by atoms with Crippen LogP contribution in [0.2, 0.25) is 0 Å². The first-order valence-corrected chi connectivity index (χ1v) is 19.3. The molecule has 10 heteroatoms. The number of carbonyl (C=O) groups is 2. The molecular weight excluding hydrogens is 712 g/mol. The number of esters is 1. The van der Waals surface area contributed by atoms with Crippen molar-refractivity contribution in [3.8, 4) is 23.0 Å². The number of methoxy groups -OCH3 is 1. The topological polar surface area (TPSA) is 152 Å². The van der Waals surface area contributed by atoms with Crippen LogP contribution in [0.1, 0.15) is 108 Å². The quantitative estimate of drug-likeness (QED) is 0.0333. The van der Waals surface area contributed by atoms with Gasteiger partial charge in [-0.1, -0.05) is 95.5 Å². The minimum absolute atomic E-state index is 0.151. The van der Waals surface area contributed by atoms with Crippen LogP contribution >= 0.6 is 0 Å². The number of hydrogen-bond acceptors (Lipinski definition) is 10. The van der Waals surface area contributed by atoms with Gasteiger partial charge in [0, 0.05) is 44.7 Å². The molecule has 0 atom stereocenters. The summed E-state index contributed by atoms with van der Waals surface area (Å²) < 4.78 is 20.5. The zero-order valence-corrected chi connectivity index (χ0v) is 34.0. The summed E-state index contributed by atoms with van der Waals surface area (Å²) >= 11 is 0. The van der Waals surface area contributed by atoms with Gasteiger partial charge in [0.2, 0.25) is 0 Å². The van der Waals surface area contributed by atoms with Crippen LogP contribution < -0.4 is 9.47 Å². The number of unbranched alkanes of at least 4 members (excludes halogenated alkanes) is 6. The van der Waals surface area contributed by atoms with Crippen molar-refractivity contribution in [2.24, 2.45) is 0 Å². The van der Waals surface area contributed by atoms with Crippen molar-refractivity contribution in [2.45, 2.75) is 96.8 Å². The number of ether oxygens (including phenoxy) is 4. The van der Waals surface area contributed by atoms with E-state index in [-0.39, 0.29) is 41.5 Å². The van der Waals surface area contributed by atoms with Crippen LogP contribution in [0.5, 0.6) is 23.0 Å². The second-order valence-corrected chi connectivity index (χ2v) is 14.5. The molecule has 4 aromatic carbocycles. The van der Waals surface area contributed by atoms with E-state index < -0.39 is 6.16 Å². The van der Waals surface area contributed by atoms with Gasteiger partial charge >= 0.3 is 12.1 Å². The molecule has 0 fully saturated rings. The van der Waals surface area contributed by atoms with Gasteiger partial charge in [0.25, 0.3) is 0 Å². The molecule has 0 unspecified atom stereocenters. The summed E-state index contributed by atoms with van der Waals surface area (Å²) in [6, 6.07) is 29.3. The third-order valence-electron chi connectivity index (χ3n) is 9.32. The summed E-state index contributed by atoms with van der Waals surface area (Å²) in [7, 11) is 1.69. The van der Waals surface area contributed by atoms with Gasteiger partial charge in [-0.2, -0.15) is 0 Å². The third-order valence-corrected chi connectivity index (χ3v) is 9.32. The first-order valence-electron chi connectivity index (χ1n) is 19.3. The molecule has 0 bridgehead atoms. The number of aliphatic hydroxyl groups is 2. The first-order chi connectivity index (χ1) is 26.7. The molecule has 56 heavy (non-hydrogen) atoms. The number of carbonyl (C=O) groups excluding carboxylic acids is 2. The molecule has 4 N–H and O–H groups in total. The minimum Gasteiger partial charge on any atom is -0.508 e. The van der Waals surface area contributed by atoms with E-state index >= 15 is 0 Å². The summed E-state index contributed by atoms with van der Waals surface area (Å²) in [5, 5.41) is 35.2. The minimum atomic E-state index is -0.690. The van der Waals surface area contributed by atoms with Crippen molar-refractivity contribution < 1.29 is 49.0 Å². The van der Waals surface area contributed by atoms with Gasteiger partial charge in [-0.05, 0) is 103 Å². The van der Waals surface area contributed by atoms with E-state index in [1.165, 1.54) is 6.92 Å². The molecule has 0 aliphatic heterocycles. The number of rotatable bonds is 18. The lowest BCUT2D eigenvalue weighted by molar-refractivity contribution is -0.131. The molecule has 0 aliphatic rings. The van der Waals surface area contributed by atoms with Crippen LogP contribution in [0.3, 0.4) is 0 Å². The molecule has 0 radical (unpaired) electrons. The Hall–Kier alpha value is -4.90. The normalized spacial score (nSPS) is 11.0. The number of aliphatic hydroxyl groups excluding tert-OH is 2. The molecule has 0 spiro atoms. The molecule has 4 aromatic rings. The molecule has 0 heterocycles. The molecule has 4 rings (SSSR count). The number of benzene rings is 4. The van der Waals surface area contributed by atoms with E-state index in [2.05, 4.69) is 27.7 Å².